The maximum absolute atomic E-state index is 10.7. The highest BCUT2D eigenvalue weighted by Crippen LogP contribution is 2.10. The third kappa shape index (κ3) is 1.09. The molecule has 1 aliphatic heterocycles. The molecule has 2 nitrogen and oxygen atoms in total. The molecule has 0 amide bonds. The standard InChI is InChI=1S/C5H8O2S/c1-2-5-7-3-4-8(5)6/h1,5H,2-4H2. The molecule has 0 bridgehead atoms. The fourth-order valence-electron chi connectivity index (χ4n) is 0.644. The van der Waals surface area contributed by atoms with Gasteiger partial charge in [0.25, 0.3) is 0 Å². The van der Waals surface area contributed by atoms with Crippen molar-refractivity contribution < 1.29 is 8.95 Å². The zero-order chi connectivity index (χ0) is 5.98. The van der Waals surface area contributed by atoms with Crippen LogP contribution in [-0.4, -0.2) is 22.0 Å². The van der Waals surface area contributed by atoms with Gasteiger partial charge in [0.1, 0.15) is 5.44 Å². The molecule has 0 aromatic carbocycles. The quantitative estimate of drug-likeness (QED) is 0.509. The second-order valence-electron chi connectivity index (χ2n) is 1.62. The van der Waals surface area contributed by atoms with Crippen molar-refractivity contribution in [1.29, 1.82) is 0 Å². The van der Waals surface area contributed by atoms with Crippen molar-refractivity contribution in [2.24, 2.45) is 0 Å². The Morgan fingerprint density at radius 3 is 2.88 bits per heavy atom. The maximum Gasteiger partial charge on any atom is 0.132 e. The molecule has 1 aliphatic rings. The summed E-state index contributed by atoms with van der Waals surface area (Å²) in [5.41, 5.74) is -0.185. The van der Waals surface area contributed by atoms with Gasteiger partial charge in [0, 0.05) is 5.75 Å². The fourth-order valence-corrected chi connectivity index (χ4v) is 1.63. The monoisotopic (exact) mass is 132 g/mol. The topological polar surface area (TPSA) is 26.3 Å². The van der Waals surface area contributed by atoms with Gasteiger partial charge in [-0.2, -0.15) is 0 Å². The summed E-state index contributed by atoms with van der Waals surface area (Å²) in [4.78, 5) is 0. The second-order valence-corrected chi connectivity index (χ2v) is 3.32. The van der Waals surface area contributed by atoms with Gasteiger partial charge in [0.05, 0.1) is 17.4 Å². The molecule has 0 aromatic heterocycles. The van der Waals surface area contributed by atoms with Crippen LogP contribution in [0.3, 0.4) is 0 Å². The Labute approximate surface area is 51.7 Å². The third-order valence-corrected chi connectivity index (χ3v) is 2.56. The summed E-state index contributed by atoms with van der Waals surface area (Å²) in [5.74, 6) is 0.655. The zero-order valence-corrected chi connectivity index (χ0v) is 5.32. The van der Waals surface area contributed by atoms with Crippen molar-refractivity contribution in [3.63, 3.8) is 0 Å². The van der Waals surface area contributed by atoms with Crippen LogP contribution < -0.4 is 0 Å². The highest BCUT2D eigenvalue weighted by atomic mass is 32.2. The molecule has 0 spiro atoms. The van der Waals surface area contributed by atoms with E-state index in [0.29, 0.717) is 18.8 Å². The van der Waals surface area contributed by atoms with Crippen LogP contribution in [0.15, 0.2) is 0 Å². The molecule has 1 fully saturated rings. The van der Waals surface area contributed by atoms with Crippen LogP contribution in [0, 0.1) is 6.92 Å². The Hall–Kier alpha value is 0.110. The molecular weight excluding hydrogens is 124 g/mol. The number of rotatable bonds is 1. The van der Waals surface area contributed by atoms with E-state index < -0.39 is 10.8 Å². The van der Waals surface area contributed by atoms with Crippen LogP contribution in [0.5, 0.6) is 0 Å². The molecule has 0 aliphatic carbocycles. The minimum atomic E-state index is -0.808. The number of ether oxygens (including phenoxy) is 1. The molecule has 2 atom stereocenters. The molecule has 0 saturated carbocycles. The Morgan fingerprint density at radius 2 is 2.62 bits per heavy atom. The van der Waals surface area contributed by atoms with Crippen molar-refractivity contribution in [3.05, 3.63) is 6.92 Å². The SMILES string of the molecule is [CH]CC1OCCS1=O. The Balaban J connectivity index is 2.42. The minimum absolute atomic E-state index is 0.185. The smallest absolute Gasteiger partial charge is 0.132 e. The lowest BCUT2D eigenvalue weighted by Gasteiger charge is -2.00. The predicted molar refractivity (Wildman–Crippen MR) is 31.7 cm³/mol. The first kappa shape index (κ1) is 6.23. The summed E-state index contributed by atoms with van der Waals surface area (Å²) < 4.78 is 15.7. The van der Waals surface area contributed by atoms with Crippen LogP contribution in [0.4, 0.5) is 0 Å². The first-order valence-electron chi connectivity index (χ1n) is 2.53. The summed E-state index contributed by atoms with van der Waals surface area (Å²) in [6, 6.07) is 0. The molecule has 2 radical (unpaired) electrons. The van der Waals surface area contributed by atoms with E-state index in [9.17, 15) is 4.21 Å². The minimum Gasteiger partial charge on any atom is -0.364 e. The van der Waals surface area contributed by atoms with E-state index in [2.05, 4.69) is 0 Å². The molecule has 0 N–H and O–H groups in total. The lowest BCUT2D eigenvalue weighted by Crippen LogP contribution is -2.08. The number of hydrogen-bond donors (Lipinski definition) is 0. The molecule has 8 heavy (non-hydrogen) atoms. The van der Waals surface area contributed by atoms with Gasteiger partial charge in [0.15, 0.2) is 0 Å². The van der Waals surface area contributed by atoms with Crippen LogP contribution in [0.1, 0.15) is 6.42 Å². The molecular formula is C5H8O2S. The van der Waals surface area contributed by atoms with E-state index in [0.717, 1.165) is 0 Å². The average molecular weight is 132 g/mol. The summed E-state index contributed by atoms with van der Waals surface area (Å²) in [6.45, 7) is 5.81. The Kier molecular flexibility index (Phi) is 2.02. The largest absolute Gasteiger partial charge is 0.364 e. The average Bonchev–Trinajstić information content (AvgIpc) is 2.14. The summed E-state index contributed by atoms with van der Waals surface area (Å²) in [6.07, 6.45) is 0.382. The van der Waals surface area contributed by atoms with Crippen molar-refractivity contribution >= 4 is 10.8 Å². The van der Waals surface area contributed by atoms with E-state index in [4.69, 9.17) is 11.7 Å². The molecule has 0 aromatic rings. The van der Waals surface area contributed by atoms with Crippen LogP contribution in [0.25, 0.3) is 0 Å². The van der Waals surface area contributed by atoms with E-state index in [1.165, 1.54) is 0 Å². The van der Waals surface area contributed by atoms with Gasteiger partial charge in [-0.15, -0.1) is 0 Å². The maximum atomic E-state index is 10.7. The molecule has 2 unspecified atom stereocenters. The molecule has 3 heteroatoms. The molecule has 46 valence electrons. The van der Waals surface area contributed by atoms with Crippen molar-refractivity contribution in [2.75, 3.05) is 12.4 Å². The lowest BCUT2D eigenvalue weighted by molar-refractivity contribution is 0.143. The predicted octanol–water partition coefficient (Wildman–Crippen LogP) is 0.193. The summed E-state index contributed by atoms with van der Waals surface area (Å²) in [5, 5.41) is 0. The van der Waals surface area contributed by atoms with Gasteiger partial charge < -0.3 is 4.74 Å². The van der Waals surface area contributed by atoms with Crippen LogP contribution in [-0.2, 0) is 15.5 Å². The number of hydrogen-bond acceptors (Lipinski definition) is 2. The summed E-state index contributed by atoms with van der Waals surface area (Å²) in [7, 11) is -0.808. The van der Waals surface area contributed by atoms with Gasteiger partial charge in [-0.05, 0) is 13.3 Å². The van der Waals surface area contributed by atoms with E-state index in [-0.39, 0.29) is 5.44 Å². The molecule has 1 heterocycles. The molecule has 1 rings (SSSR count). The van der Waals surface area contributed by atoms with Crippen LogP contribution in [0.2, 0.25) is 0 Å². The third-order valence-electron chi connectivity index (χ3n) is 1.07. The van der Waals surface area contributed by atoms with Crippen molar-refractivity contribution in [1.82, 2.24) is 0 Å². The molecule has 1 saturated heterocycles. The first-order chi connectivity index (χ1) is 3.84. The fraction of sp³-hybridized carbons (Fsp3) is 0.800. The van der Waals surface area contributed by atoms with Crippen molar-refractivity contribution in [2.45, 2.75) is 11.9 Å². The van der Waals surface area contributed by atoms with E-state index >= 15 is 0 Å². The van der Waals surface area contributed by atoms with E-state index in [1.807, 2.05) is 0 Å². The van der Waals surface area contributed by atoms with Gasteiger partial charge in [-0.3, -0.25) is 4.21 Å². The van der Waals surface area contributed by atoms with Crippen LogP contribution >= 0.6 is 0 Å². The second kappa shape index (κ2) is 2.60. The highest BCUT2D eigenvalue weighted by molar-refractivity contribution is 7.85. The lowest BCUT2D eigenvalue weighted by atomic mass is 10.5. The first-order valence-corrected chi connectivity index (χ1v) is 3.91. The highest BCUT2D eigenvalue weighted by Gasteiger charge is 2.20. The van der Waals surface area contributed by atoms with Gasteiger partial charge in [-0.25, -0.2) is 0 Å². The van der Waals surface area contributed by atoms with Gasteiger partial charge >= 0.3 is 0 Å². The van der Waals surface area contributed by atoms with Gasteiger partial charge in [-0.1, -0.05) is 0 Å². The Morgan fingerprint density at radius 1 is 1.88 bits per heavy atom. The normalized spacial score (nSPS) is 38.1. The van der Waals surface area contributed by atoms with Gasteiger partial charge in [0.2, 0.25) is 0 Å². The summed E-state index contributed by atoms with van der Waals surface area (Å²) >= 11 is 0. The van der Waals surface area contributed by atoms with Crippen molar-refractivity contribution in [3.8, 4) is 0 Å². The zero-order valence-electron chi connectivity index (χ0n) is 4.50. The van der Waals surface area contributed by atoms with E-state index in [1.54, 1.807) is 0 Å². The Bertz CT molecular complexity index is 103.